The normalized spacial score (nSPS) is 14.2. The van der Waals surface area contributed by atoms with Crippen molar-refractivity contribution in [2.45, 2.75) is 19.2 Å². The van der Waals surface area contributed by atoms with Gasteiger partial charge >= 0.3 is 5.97 Å². The number of ether oxygens (including phenoxy) is 1. The van der Waals surface area contributed by atoms with E-state index < -0.39 is 24.1 Å². The lowest BCUT2D eigenvalue weighted by Crippen LogP contribution is -2.26. The molecule has 0 aliphatic rings. The molecule has 6 heteroatoms. The van der Waals surface area contributed by atoms with Crippen molar-refractivity contribution < 1.29 is 23.4 Å². The fraction of sp³-hybridized carbons (Fsp3) is 0.364. The van der Waals surface area contributed by atoms with Gasteiger partial charge in [0.25, 0.3) is 0 Å². The second-order valence-electron chi connectivity index (χ2n) is 3.27. The van der Waals surface area contributed by atoms with Gasteiger partial charge in [0.05, 0.1) is 11.1 Å². The number of alkyl halides is 1. The van der Waals surface area contributed by atoms with E-state index in [-0.39, 0.29) is 16.6 Å². The van der Waals surface area contributed by atoms with Crippen LogP contribution in [0, 0.1) is 5.82 Å². The Balaban J connectivity index is 2.84. The summed E-state index contributed by atoms with van der Waals surface area (Å²) in [5, 5.41) is 9.54. The van der Waals surface area contributed by atoms with E-state index in [1.165, 1.54) is 19.1 Å². The van der Waals surface area contributed by atoms with Crippen LogP contribution in [0.5, 0.6) is 0 Å². The first-order valence-electron chi connectivity index (χ1n) is 4.91. The second-order valence-corrected chi connectivity index (χ2v) is 4.13. The van der Waals surface area contributed by atoms with Gasteiger partial charge in [-0.3, -0.25) is 0 Å². The molecule has 94 valence electrons. The molecule has 0 aliphatic heterocycles. The minimum Gasteiger partial charge on any atom is -0.464 e. The zero-order valence-corrected chi connectivity index (χ0v) is 10.6. The van der Waals surface area contributed by atoms with Gasteiger partial charge in [-0.25, -0.2) is 13.6 Å². The summed E-state index contributed by atoms with van der Waals surface area (Å²) in [6.45, 7) is 1.54. The molecule has 0 saturated carbocycles. The van der Waals surface area contributed by atoms with Crippen LogP contribution in [0.2, 0.25) is 0 Å². The number of carbonyl (C=O) groups is 1. The summed E-state index contributed by atoms with van der Waals surface area (Å²) in [6.07, 6.45) is -3.97. The van der Waals surface area contributed by atoms with Gasteiger partial charge in [0.1, 0.15) is 11.9 Å². The molecule has 2 unspecified atom stereocenters. The van der Waals surface area contributed by atoms with E-state index in [1.54, 1.807) is 0 Å². The minimum absolute atomic E-state index is 0.0146. The van der Waals surface area contributed by atoms with Crippen LogP contribution in [0.15, 0.2) is 22.7 Å². The predicted octanol–water partition coefficient (Wildman–Crippen LogP) is 2.52. The van der Waals surface area contributed by atoms with Gasteiger partial charge in [0, 0.05) is 0 Å². The zero-order valence-electron chi connectivity index (χ0n) is 8.99. The Morgan fingerprint density at radius 3 is 2.76 bits per heavy atom. The lowest BCUT2D eigenvalue weighted by Gasteiger charge is -2.15. The molecule has 17 heavy (non-hydrogen) atoms. The quantitative estimate of drug-likeness (QED) is 0.869. The first kappa shape index (κ1) is 14.1. The van der Waals surface area contributed by atoms with Gasteiger partial charge in [0.2, 0.25) is 6.17 Å². The third-order valence-corrected chi connectivity index (χ3v) is 2.72. The number of hydrogen-bond acceptors (Lipinski definition) is 3. The van der Waals surface area contributed by atoms with E-state index in [4.69, 9.17) is 0 Å². The summed E-state index contributed by atoms with van der Waals surface area (Å²) >= 11 is 2.93. The monoisotopic (exact) mass is 308 g/mol. The van der Waals surface area contributed by atoms with E-state index in [1.807, 2.05) is 0 Å². The Kier molecular flexibility index (Phi) is 5.02. The highest BCUT2D eigenvalue weighted by atomic mass is 79.9. The number of aliphatic hydroxyl groups excluding tert-OH is 1. The molecule has 0 aliphatic carbocycles. The van der Waals surface area contributed by atoms with Crippen molar-refractivity contribution in [3.8, 4) is 0 Å². The number of hydrogen-bond donors (Lipinski definition) is 1. The number of carbonyl (C=O) groups excluding carboxylic acids is 1. The Labute approximate surface area is 106 Å². The van der Waals surface area contributed by atoms with E-state index in [0.717, 1.165) is 6.07 Å². The van der Waals surface area contributed by atoms with Crippen molar-refractivity contribution in [2.75, 3.05) is 6.61 Å². The molecular weight excluding hydrogens is 298 g/mol. The SMILES string of the molecule is CCOC(=O)C(F)C(O)c1ccc(Br)c(F)c1. The van der Waals surface area contributed by atoms with Crippen LogP contribution in [-0.2, 0) is 9.53 Å². The van der Waals surface area contributed by atoms with Crippen molar-refractivity contribution in [2.24, 2.45) is 0 Å². The Morgan fingerprint density at radius 2 is 2.24 bits per heavy atom. The minimum atomic E-state index is -2.23. The van der Waals surface area contributed by atoms with Crippen LogP contribution in [0.25, 0.3) is 0 Å². The van der Waals surface area contributed by atoms with Crippen LogP contribution in [0.4, 0.5) is 8.78 Å². The maximum absolute atomic E-state index is 13.4. The highest BCUT2D eigenvalue weighted by Crippen LogP contribution is 2.24. The first-order chi connectivity index (χ1) is 7.97. The van der Waals surface area contributed by atoms with Gasteiger partial charge in [0.15, 0.2) is 0 Å². The second kappa shape index (κ2) is 6.07. The largest absolute Gasteiger partial charge is 0.464 e. The van der Waals surface area contributed by atoms with Crippen molar-refractivity contribution in [3.63, 3.8) is 0 Å². The number of rotatable bonds is 4. The maximum Gasteiger partial charge on any atom is 0.343 e. The summed E-state index contributed by atoms with van der Waals surface area (Å²) in [7, 11) is 0. The molecule has 0 spiro atoms. The summed E-state index contributed by atoms with van der Waals surface area (Å²) in [5.41, 5.74) is -0.0220. The first-order valence-corrected chi connectivity index (χ1v) is 5.70. The Bertz CT molecular complexity index is 412. The van der Waals surface area contributed by atoms with E-state index in [9.17, 15) is 18.7 Å². The summed E-state index contributed by atoms with van der Waals surface area (Å²) in [4.78, 5) is 11.0. The van der Waals surface area contributed by atoms with Gasteiger partial charge in [-0.15, -0.1) is 0 Å². The Morgan fingerprint density at radius 1 is 1.59 bits per heavy atom. The van der Waals surface area contributed by atoms with Crippen molar-refractivity contribution in [1.82, 2.24) is 0 Å². The van der Waals surface area contributed by atoms with Gasteiger partial charge in [-0.1, -0.05) is 6.07 Å². The topological polar surface area (TPSA) is 46.5 Å². The number of halogens is 3. The van der Waals surface area contributed by atoms with Crippen molar-refractivity contribution in [1.29, 1.82) is 0 Å². The fourth-order valence-corrected chi connectivity index (χ4v) is 1.46. The Hall–Kier alpha value is -1.01. The molecule has 0 bridgehead atoms. The lowest BCUT2D eigenvalue weighted by atomic mass is 10.1. The molecule has 2 atom stereocenters. The molecule has 1 rings (SSSR count). The molecule has 1 aromatic rings. The fourth-order valence-electron chi connectivity index (χ4n) is 1.22. The van der Waals surface area contributed by atoms with Crippen LogP contribution in [-0.4, -0.2) is 23.9 Å². The van der Waals surface area contributed by atoms with E-state index in [0.29, 0.717) is 0 Å². The molecular formula is C11H11BrF2O3. The lowest BCUT2D eigenvalue weighted by molar-refractivity contribution is -0.153. The third kappa shape index (κ3) is 3.47. The van der Waals surface area contributed by atoms with Gasteiger partial charge in [-0.05, 0) is 40.5 Å². The van der Waals surface area contributed by atoms with Crippen molar-refractivity contribution in [3.05, 3.63) is 34.1 Å². The summed E-state index contributed by atoms with van der Waals surface area (Å²) in [5.74, 6) is -1.80. The van der Waals surface area contributed by atoms with Crippen LogP contribution in [0.1, 0.15) is 18.6 Å². The molecule has 0 fully saturated rings. The molecule has 1 N–H and O–H groups in total. The van der Waals surface area contributed by atoms with Crippen LogP contribution >= 0.6 is 15.9 Å². The molecule has 3 nitrogen and oxygen atoms in total. The van der Waals surface area contributed by atoms with Gasteiger partial charge < -0.3 is 9.84 Å². The van der Waals surface area contributed by atoms with Crippen LogP contribution < -0.4 is 0 Å². The zero-order chi connectivity index (χ0) is 13.0. The highest BCUT2D eigenvalue weighted by molar-refractivity contribution is 9.10. The van der Waals surface area contributed by atoms with E-state index >= 15 is 0 Å². The predicted molar refractivity (Wildman–Crippen MR) is 60.6 cm³/mol. The molecule has 0 heterocycles. The van der Waals surface area contributed by atoms with Crippen molar-refractivity contribution >= 4 is 21.9 Å². The van der Waals surface area contributed by atoms with E-state index in [2.05, 4.69) is 20.7 Å². The number of esters is 1. The molecule has 1 aromatic carbocycles. The van der Waals surface area contributed by atoms with Crippen LogP contribution in [0.3, 0.4) is 0 Å². The smallest absolute Gasteiger partial charge is 0.343 e. The number of aliphatic hydroxyl groups is 1. The number of benzene rings is 1. The molecule has 0 saturated heterocycles. The average Bonchev–Trinajstić information content (AvgIpc) is 2.31. The molecule has 0 amide bonds. The molecule has 0 radical (unpaired) electrons. The van der Waals surface area contributed by atoms with Gasteiger partial charge in [-0.2, -0.15) is 0 Å². The average molecular weight is 309 g/mol. The summed E-state index contributed by atoms with van der Waals surface area (Å²) in [6, 6.07) is 3.61. The molecule has 0 aromatic heterocycles. The highest BCUT2D eigenvalue weighted by Gasteiger charge is 2.29. The maximum atomic E-state index is 13.4. The standard InChI is InChI=1S/C11H11BrF2O3/c1-2-17-11(16)9(14)10(15)6-3-4-7(12)8(13)5-6/h3-5,9-10,15H,2H2,1H3. The third-order valence-electron chi connectivity index (χ3n) is 2.07. The summed E-state index contributed by atoms with van der Waals surface area (Å²) < 4.78 is 31.2.